The second-order valence-electron chi connectivity index (χ2n) is 5.70. The molecule has 0 aliphatic carbocycles. The Bertz CT molecular complexity index is 939. The number of hydrogen-bond donors (Lipinski definition) is 4. The minimum absolute atomic E-state index is 0.0874. The van der Waals surface area contributed by atoms with Crippen molar-refractivity contribution in [1.82, 2.24) is 10.3 Å². The van der Waals surface area contributed by atoms with Crippen molar-refractivity contribution in [3.63, 3.8) is 0 Å². The van der Waals surface area contributed by atoms with Gasteiger partial charge in [-0.3, -0.25) is 14.9 Å². The molecule has 0 aliphatic rings. The van der Waals surface area contributed by atoms with E-state index >= 15 is 0 Å². The Kier molecular flexibility index (Phi) is 5.36. The van der Waals surface area contributed by atoms with Crippen LogP contribution in [0, 0.1) is 6.92 Å². The van der Waals surface area contributed by atoms with E-state index in [9.17, 15) is 19.6 Å². The van der Waals surface area contributed by atoms with E-state index in [1.54, 1.807) is 18.4 Å². The summed E-state index contributed by atoms with van der Waals surface area (Å²) >= 11 is 1.19. The Morgan fingerprint density at radius 1 is 1.31 bits per heavy atom. The quantitative estimate of drug-likeness (QED) is 0.389. The fraction of sp³-hybridized carbons (Fsp3) is 0.188. The number of para-hydroxylation sites is 1. The van der Waals surface area contributed by atoms with Gasteiger partial charge in [0.25, 0.3) is 0 Å². The van der Waals surface area contributed by atoms with Gasteiger partial charge >= 0.3 is 18.9 Å². The van der Waals surface area contributed by atoms with Crippen LogP contribution in [0.5, 0.6) is 0 Å². The van der Waals surface area contributed by atoms with E-state index in [1.165, 1.54) is 17.6 Å². The van der Waals surface area contributed by atoms with Crippen LogP contribution in [0.2, 0.25) is 0 Å². The Labute approximate surface area is 153 Å². The summed E-state index contributed by atoms with van der Waals surface area (Å²) in [5.41, 5.74) is 2.06. The van der Waals surface area contributed by atoms with Crippen LogP contribution in [0.25, 0.3) is 11.0 Å². The molecule has 1 aromatic carbocycles. The van der Waals surface area contributed by atoms with Gasteiger partial charge in [0.2, 0.25) is 0 Å². The molecule has 3 aromatic rings. The van der Waals surface area contributed by atoms with Crippen LogP contribution in [-0.2, 0) is 16.0 Å². The van der Waals surface area contributed by atoms with Crippen molar-refractivity contribution in [2.45, 2.75) is 19.3 Å². The first-order valence-corrected chi connectivity index (χ1v) is 8.67. The molecule has 0 bridgehead atoms. The summed E-state index contributed by atoms with van der Waals surface area (Å²) in [6.07, 6.45) is 1.58. The molecule has 26 heavy (non-hydrogen) atoms. The smallest absolute Gasteiger partial charge is 0.464 e. The van der Waals surface area contributed by atoms with E-state index in [2.05, 4.69) is 15.6 Å². The number of thiazole rings is 1. The van der Waals surface area contributed by atoms with Crippen LogP contribution in [0.1, 0.15) is 11.3 Å². The molecule has 0 radical (unpaired) electrons. The number of rotatable bonds is 5. The van der Waals surface area contributed by atoms with Crippen molar-refractivity contribution in [2.24, 2.45) is 0 Å². The summed E-state index contributed by atoms with van der Waals surface area (Å²) in [4.78, 5) is 28.1. The molecular weight excluding hydrogens is 357 g/mol. The first-order valence-electron chi connectivity index (χ1n) is 7.79. The van der Waals surface area contributed by atoms with Gasteiger partial charge < -0.3 is 19.8 Å². The van der Waals surface area contributed by atoms with Gasteiger partial charge in [0.05, 0.1) is 17.9 Å². The SMILES string of the molecule is Cc1csc(NC(=O)C(=O)N[C@@H](Cc2coc3ccccc23)B(O)O)n1. The zero-order chi connectivity index (χ0) is 18.7. The Morgan fingerprint density at radius 2 is 2.08 bits per heavy atom. The highest BCUT2D eigenvalue weighted by molar-refractivity contribution is 7.14. The fourth-order valence-electron chi connectivity index (χ4n) is 2.46. The zero-order valence-electron chi connectivity index (χ0n) is 13.8. The van der Waals surface area contributed by atoms with E-state index in [-0.39, 0.29) is 6.42 Å². The predicted octanol–water partition coefficient (Wildman–Crippen LogP) is 0.876. The summed E-state index contributed by atoms with van der Waals surface area (Å²) in [6.45, 7) is 1.76. The van der Waals surface area contributed by atoms with Crippen molar-refractivity contribution in [3.8, 4) is 0 Å². The van der Waals surface area contributed by atoms with Crippen molar-refractivity contribution < 1.29 is 24.1 Å². The van der Waals surface area contributed by atoms with E-state index < -0.39 is 24.9 Å². The second kappa shape index (κ2) is 7.69. The Hall–Kier alpha value is -2.69. The van der Waals surface area contributed by atoms with Gasteiger partial charge in [-0.2, -0.15) is 0 Å². The first kappa shape index (κ1) is 18.1. The highest BCUT2D eigenvalue weighted by Gasteiger charge is 2.29. The maximum absolute atomic E-state index is 12.1. The van der Waals surface area contributed by atoms with Crippen LogP contribution in [0.15, 0.2) is 40.3 Å². The number of aromatic nitrogens is 1. The molecule has 0 spiro atoms. The molecule has 1 atom stereocenters. The lowest BCUT2D eigenvalue weighted by Crippen LogP contribution is -2.51. The molecule has 2 heterocycles. The normalized spacial score (nSPS) is 12.0. The predicted molar refractivity (Wildman–Crippen MR) is 97.5 cm³/mol. The molecule has 2 amide bonds. The molecule has 0 unspecified atom stereocenters. The number of carbonyl (C=O) groups excluding carboxylic acids is 2. The molecular formula is C16H16BN3O5S. The molecule has 0 aliphatic heterocycles. The monoisotopic (exact) mass is 373 g/mol. The summed E-state index contributed by atoms with van der Waals surface area (Å²) in [5, 5.41) is 26.7. The number of fused-ring (bicyclic) bond motifs is 1. The Balaban J connectivity index is 1.68. The maximum Gasteiger partial charge on any atom is 0.475 e. The molecule has 0 fully saturated rings. The number of aryl methyl sites for hydroxylation is 1. The van der Waals surface area contributed by atoms with Crippen molar-refractivity contribution in [1.29, 1.82) is 0 Å². The summed E-state index contributed by atoms with van der Waals surface area (Å²) in [7, 11) is -1.84. The van der Waals surface area contributed by atoms with Crippen molar-refractivity contribution in [2.75, 3.05) is 5.32 Å². The van der Waals surface area contributed by atoms with E-state index in [0.717, 1.165) is 11.1 Å². The van der Waals surface area contributed by atoms with Crippen LogP contribution in [0.4, 0.5) is 5.13 Å². The lowest BCUT2D eigenvalue weighted by Gasteiger charge is -2.16. The van der Waals surface area contributed by atoms with Crippen LogP contribution in [-0.4, -0.2) is 39.9 Å². The number of amides is 2. The number of hydrogen-bond acceptors (Lipinski definition) is 7. The zero-order valence-corrected chi connectivity index (χ0v) is 14.6. The van der Waals surface area contributed by atoms with E-state index in [1.807, 2.05) is 18.2 Å². The second-order valence-corrected chi connectivity index (χ2v) is 6.56. The van der Waals surface area contributed by atoms with Gasteiger partial charge in [-0.15, -0.1) is 11.3 Å². The van der Waals surface area contributed by atoms with E-state index in [0.29, 0.717) is 16.3 Å². The number of carbonyl (C=O) groups is 2. The van der Waals surface area contributed by atoms with Gasteiger partial charge in [0, 0.05) is 10.8 Å². The molecule has 134 valence electrons. The lowest BCUT2D eigenvalue weighted by atomic mass is 9.76. The molecule has 2 aromatic heterocycles. The molecule has 3 rings (SSSR count). The minimum Gasteiger partial charge on any atom is -0.464 e. The van der Waals surface area contributed by atoms with Gasteiger partial charge in [-0.25, -0.2) is 4.98 Å². The summed E-state index contributed by atoms with van der Waals surface area (Å²) < 4.78 is 5.40. The van der Waals surface area contributed by atoms with Crippen LogP contribution < -0.4 is 10.6 Å². The third-order valence-electron chi connectivity index (χ3n) is 3.72. The highest BCUT2D eigenvalue weighted by atomic mass is 32.1. The topological polar surface area (TPSA) is 125 Å². The van der Waals surface area contributed by atoms with Crippen molar-refractivity contribution in [3.05, 3.63) is 47.2 Å². The lowest BCUT2D eigenvalue weighted by molar-refractivity contribution is -0.136. The van der Waals surface area contributed by atoms with Crippen LogP contribution >= 0.6 is 11.3 Å². The molecule has 10 heteroatoms. The highest BCUT2D eigenvalue weighted by Crippen LogP contribution is 2.22. The standard InChI is InChI=1S/C16H16BN3O5S/c1-9-8-26-16(18-9)20-15(22)14(21)19-13(17(23)24)6-10-7-25-12-5-3-2-4-11(10)12/h2-5,7-8,13,23-24H,6H2,1H3,(H,19,21)(H,18,20,22)/t13-/m0/s1. The number of furan rings is 1. The minimum atomic E-state index is -1.84. The fourth-order valence-corrected chi connectivity index (χ4v) is 3.14. The number of anilines is 1. The molecule has 0 saturated carbocycles. The summed E-state index contributed by atoms with van der Waals surface area (Å²) in [6, 6.07) is 7.26. The molecule has 0 saturated heterocycles. The van der Waals surface area contributed by atoms with Gasteiger partial charge in [0.15, 0.2) is 5.13 Å². The number of benzene rings is 1. The summed E-state index contributed by atoms with van der Waals surface area (Å²) in [5.74, 6) is -2.99. The average molecular weight is 373 g/mol. The van der Waals surface area contributed by atoms with Gasteiger partial charge in [-0.05, 0) is 25.0 Å². The Morgan fingerprint density at radius 3 is 2.77 bits per heavy atom. The first-order chi connectivity index (χ1) is 12.4. The van der Waals surface area contributed by atoms with Gasteiger partial charge in [0.1, 0.15) is 5.58 Å². The third kappa shape index (κ3) is 4.10. The largest absolute Gasteiger partial charge is 0.475 e. The third-order valence-corrected chi connectivity index (χ3v) is 4.60. The van der Waals surface area contributed by atoms with Crippen LogP contribution in [0.3, 0.4) is 0 Å². The van der Waals surface area contributed by atoms with E-state index in [4.69, 9.17) is 4.42 Å². The maximum atomic E-state index is 12.1. The number of nitrogens with one attached hydrogen (secondary N) is 2. The van der Waals surface area contributed by atoms with Crippen molar-refractivity contribution >= 4 is 46.4 Å². The molecule has 8 nitrogen and oxygen atoms in total. The number of nitrogens with zero attached hydrogens (tertiary/aromatic N) is 1. The van der Waals surface area contributed by atoms with Gasteiger partial charge in [-0.1, -0.05) is 18.2 Å². The molecule has 4 N–H and O–H groups in total. The average Bonchev–Trinajstić information content (AvgIpc) is 3.20.